The van der Waals surface area contributed by atoms with Crippen LogP contribution < -0.4 is 10.6 Å². The highest BCUT2D eigenvalue weighted by Crippen LogP contribution is 2.19. The molecule has 1 fully saturated rings. The van der Waals surface area contributed by atoms with Crippen LogP contribution in [0.2, 0.25) is 0 Å². The third-order valence-corrected chi connectivity index (χ3v) is 4.00. The summed E-state index contributed by atoms with van der Waals surface area (Å²) in [5.41, 5.74) is 2.81. The molecule has 1 aliphatic rings. The van der Waals surface area contributed by atoms with E-state index in [9.17, 15) is 0 Å². The van der Waals surface area contributed by atoms with E-state index >= 15 is 0 Å². The number of nitrogens with one attached hydrogen (secondary N) is 2. The second-order valence-corrected chi connectivity index (χ2v) is 5.71. The van der Waals surface area contributed by atoms with Crippen LogP contribution in [0.5, 0.6) is 0 Å². The molecule has 1 heterocycles. The van der Waals surface area contributed by atoms with E-state index in [2.05, 4.69) is 60.7 Å². The van der Waals surface area contributed by atoms with E-state index in [1.165, 1.54) is 11.1 Å². The summed E-state index contributed by atoms with van der Waals surface area (Å²) in [6.45, 7) is 10.1. The van der Waals surface area contributed by atoms with Gasteiger partial charge < -0.3 is 10.6 Å². The first-order chi connectivity index (χ1) is 9.20. The van der Waals surface area contributed by atoms with Crippen molar-refractivity contribution in [1.29, 1.82) is 0 Å². The Morgan fingerprint density at radius 3 is 2.21 bits per heavy atom. The molecule has 3 heteroatoms. The minimum absolute atomic E-state index is 0.430. The topological polar surface area (TPSA) is 27.3 Å². The number of piperazine rings is 1. The minimum atomic E-state index is 0.430. The Morgan fingerprint density at radius 2 is 1.68 bits per heavy atom. The summed E-state index contributed by atoms with van der Waals surface area (Å²) in [5, 5.41) is 6.86. The number of hydrogen-bond acceptors (Lipinski definition) is 3. The Hall–Kier alpha value is -0.900. The fourth-order valence-electron chi connectivity index (χ4n) is 2.63. The normalized spacial score (nSPS) is 18.7. The largest absolute Gasteiger partial charge is 0.314 e. The zero-order valence-electron chi connectivity index (χ0n) is 12.4. The summed E-state index contributed by atoms with van der Waals surface area (Å²) < 4.78 is 0. The van der Waals surface area contributed by atoms with E-state index in [-0.39, 0.29) is 0 Å². The molecule has 1 unspecified atom stereocenters. The molecule has 0 aliphatic carbocycles. The van der Waals surface area contributed by atoms with Crippen LogP contribution in [-0.4, -0.2) is 44.7 Å². The van der Waals surface area contributed by atoms with Gasteiger partial charge in [-0.05, 0) is 24.1 Å². The Morgan fingerprint density at radius 1 is 1.11 bits per heavy atom. The molecule has 0 radical (unpaired) electrons. The van der Waals surface area contributed by atoms with Crippen molar-refractivity contribution in [2.45, 2.75) is 25.8 Å². The van der Waals surface area contributed by atoms with Gasteiger partial charge in [0.05, 0.1) is 0 Å². The van der Waals surface area contributed by atoms with E-state index in [4.69, 9.17) is 0 Å². The first kappa shape index (κ1) is 14.5. The van der Waals surface area contributed by atoms with Gasteiger partial charge in [-0.25, -0.2) is 0 Å². The Labute approximate surface area is 117 Å². The molecule has 0 bridgehead atoms. The van der Waals surface area contributed by atoms with Crippen LogP contribution in [0.4, 0.5) is 0 Å². The predicted octanol–water partition coefficient (Wildman–Crippen LogP) is 1.98. The molecule has 2 N–H and O–H groups in total. The van der Waals surface area contributed by atoms with E-state index in [0.29, 0.717) is 12.0 Å². The maximum Gasteiger partial charge on any atom is 0.0446 e. The van der Waals surface area contributed by atoms with Crippen LogP contribution in [-0.2, 0) is 0 Å². The van der Waals surface area contributed by atoms with Crippen molar-refractivity contribution in [3.05, 3.63) is 35.4 Å². The number of rotatable bonds is 5. The van der Waals surface area contributed by atoms with Gasteiger partial charge in [0.2, 0.25) is 0 Å². The first-order valence-corrected chi connectivity index (χ1v) is 7.41. The van der Waals surface area contributed by atoms with Crippen LogP contribution in [0.1, 0.15) is 36.9 Å². The van der Waals surface area contributed by atoms with E-state index in [0.717, 1.165) is 32.7 Å². The van der Waals surface area contributed by atoms with Gasteiger partial charge in [0.1, 0.15) is 0 Å². The summed E-state index contributed by atoms with van der Waals surface area (Å²) >= 11 is 0. The molecular formula is C16H27N3. The van der Waals surface area contributed by atoms with Crippen LogP contribution in [0, 0.1) is 0 Å². The zero-order valence-corrected chi connectivity index (χ0v) is 12.4. The lowest BCUT2D eigenvalue weighted by molar-refractivity contribution is 0.219. The van der Waals surface area contributed by atoms with Crippen LogP contribution in [0.25, 0.3) is 0 Å². The van der Waals surface area contributed by atoms with Crippen LogP contribution in [0.3, 0.4) is 0 Å². The quantitative estimate of drug-likeness (QED) is 0.848. The molecule has 1 aliphatic heterocycles. The first-order valence-electron chi connectivity index (χ1n) is 7.41. The summed E-state index contributed by atoms with van der Waals surface area (Å²) in [6, 6.07) is 9.51. The van der Waals surface area contributed by atoms with Gasteiger partial charge in [-0.1, -0.05) is 38.1 Å². The molecule has 0 spiro atoms. The summed E-state index contributed by atoms with van der Waals surface area (Å²) in [7, 11) is 2.06. The molecule has 0 aromatic heterocycles. The number of benzene rings is 1. The third-order valence-electron chi connectivity index (χ3n) is 4.00. The van der Waals surface area contributed by atoms with Crippen molar-refractivity contribution >= 4 is 0 Å². The second kappa shape index (κ2) is 7.04. The molecule has 3 nitrogen and oxygen atoms in total. The fraction of sp³-hybridized carbons (Fsp3) is 0.625. The van der Waals surface area contributed by atoms with Gasteiger partial charge in [-0.3, -0.25) is 4.90 Å². The Kier molecular flexibility index (Phi) is 5.37. The van der Waals surface area contributed by atoms with Gasteiger partial charge in [0, 0.05) is 38.8 Å². The van der Waals surface area contributed by atoms with Gasteiger partial charge >= 0.3 is 0 Å². The lowest BCUT2D eigenvalue weighted by Crippen LogP contribution is -2.46. The molecule has 0 amide bonds. The smallest absolute Gasteiger partial charge is 0.0446 e. The van der Waals surface area contributed by atoms with Gasteiger partial charge in [0.15, 0.2) is 0 Å². The van der Waals surface area contributed by atoms with Crippen LogP contribution in [0.15, 0.2) is 24.3 Å². The Balaban J connectivity index is 1.99. The van der Waals surface area contributed by atoms with Crippen molar-refractivity contribution in [3.63, 3.8) is 0 Å². The summed E-state index contributed by atoms with van der Waals surface area (Å²) in [4.78, 5) is 2.54. The standard InChI is InChI=1S/C16H27N3/c1-13(2)14-4-6-15(7-5-14)16(17-3)12-19-10-8-18-9-11-19/h4-7,13,16-18H,8-12H2,1-3H3. The van der Waals surface area contributed by atoms with Gasteiger partial charge in [0.25, 0.3) is 0 Å². The van der Waals surface area contributed by atoms with Crippen molar-refractivity contribution in [1.82, 2.24) is 15.5 Å². The lowest BCUT2D eigenvalue weighted by Gasteiger charge is -2.31. The fourth-order valence-corrected chi connectivity index (χ4v) is 2.63. The molecule has 19 heavy (non-hydrogen) atoms. The number of likely N-dealkylation sites (N-methyl/N-ethyl adjacent to an activating group) is 1. The minimum Gasteiger partial charge on any atom is -0.314 e. The van der Waals surface area contributed by atoms with Gasteiger partial charge in [-0.2, -0.15) is 0 Å². The molecule has 1 aromatic carbocycles. The zero-order chi connectivity index (χ0) is 13.7. The maximum absolute atomic E-state index is 3.45. The maximum atomic E-state index is 3.45. The predicted molar refractivity (Wildman–Crippen MR) is 81.6 cm³/mol. The number of hydrogen-bond donors (Lipinski definition) is 2. The summed E-state index contributed by atoms with van der Waals surface area (Å²) in [6.07, 6.45) is 0. The SMILES string of the molecule is CNC(CN1CCNCC1)c1ccc(C(C)C)cc1. The third kappa shape index (κ3) is 4.03. The Bertz CT molecular complexity index is 366. The highest BCUT2D eigenvalue weighted by molar-refractivity contribution is 5.27. The molecular weight excluding hydrogens is 234 g/mol. The lowest BCUT2D eigenvalue weighted by atomic mass is 9.99. The number of nitrogens with zero attached hydrogens (tertiary/aromatic N) is 1. The highest BCUT2D eigenvalue weighted by Gasteiger charge is 2.16. The van der Waals surface area contributed by atoms with Crippen molar-refractivity contribution in [3.8, 4) is 0 Å². The van der Waals surface area contributed by atoms with Crippen molar-refractivity contribution < 1.29 is 0 Å². The monoisotopic (exact) mass is 261 g/mol. The molecule has 1 atom stereocenters. The van der Waals surface area contributed by atoms with E-state index in [1.54, 1.807) is 0 Å². The molecule has 1 aromatic rings. The highest BCUT2D eigenvalue weighted by atomic mass is 15.2. The van der Waals surface area contributed by atoms with E-state index in [1.807, 2.05) is 0 Å². The van der Waals surface area contributed by atoms with Gasteiger partial charge in [-0.15, -0.1) is 0 Å². The molecule has 0 saturated carbocycles. The second-order valence-electron chi connectivity index (χ2n) is 5.71. The average molecular weight is 261 g/mol. The molecule has 2 rings (SSSR count). The van der Waals surface area contributed by atoms with E-state index < -0.39 is 0 Å². The summed E-state index contributed by atoms with van der Waals surface area (Å²) in [5.74, 6) is 0.607. The molecule has 1 saturated heterocycles. The van der Waals surface area contributed by atoms with Crippen molar-refractivity contribution in [2.75, 3.05) is 39.8 Å². The molecule has 106 valence electrons. The van der Waals surface area contributed by atoms with Crippen LogP contribution >= 0.6 is 0 Å². The van der Waals surface area contributed by atoms with Crippen molar-refractivity contribution in [2.24, 2.45) is 0 Å². The average Bonchev–Trinajstić information content (AvgIpc) is 2.46.